The van der Waals surface area contributed by atoms with Gasteiger partial charge in [-0.25, -0.2) is 9.59 Å². The minimum atomic E-state index is -0.395. The SMILES string of the molecule is CC(C)OC(=O)CCCCCC(=O)OC(C)C.CC(C)OC(=O)c1ccc(C(=O)OC(C)C)cc1.CC(C)OCCOCCOC(C)C. The van der Waals surface area contributed by atoms with Crippen molar-refractivity contribution in [3.05, 3.63) is 35.4 Å². The first-order chi connectivity index (χ1) is 22.4. The Hall–Kier alpha value is -3.02. The topological polar surface area (TPSA) is 133 Å². The highest BCUT2D eigenvalue weighted by Crippen LogP contribution is 2.10. The molecule has 1 aromatic carbocycles. The maximum absolute atomic E-state index is 11.6. The van der Waals surface area contributed by atoms with Crippen LogP contribution in [0.5, 0.6) is 0 Å². The lowest BCUT2D eigenvalue weighted by atomic mass is 10.1. The van der Waals surface area contributed by atoms with E-state index in [-0.39, 0.29) is 48.6 Å². The molecular formula is C37H64O11. The normalized spacial score (nSPS) is 10.9. The van der Waals surface area contributed by atoms with Crippen molar-refractivity contribution in [2.75, 3.05) is 26.4 Å². The molecule has 0 radical (unpaired) electrons. The van der Waals surface area contributed by atoms with Crippen molar-refractivity contribution >= 4 is 23.9 Å². The van der Waals surface area contributed by atoms with Crippen LogP contribution in [0.1, 0.15) is 136 Å². The van der Waals surface area contributed by atoms with Gasteiger partial charge in [-0.2, -0.15) is 0 Å². The summed E-state index contributed by atoms with van der Waals surface area (Å²) < 4.78 is 36.0. The molecule has 0 aromatic heterocycles. The van der Waals surface area contributed by atoms with Crippen LogP contribution in [0.2, 0.25) is 0 Å². The predicted octanol–water partition coefficient (Wildman–Crippen LogP) is 7.51. The Morgan fingerprint density at radius 1 is 0.438 bits per heavy atom. The number of esters is 4. The van der Waals surface area contributed by atoms with Gasteiger partial charge in [-0.3, -0.25) is 9.59 Å². The van der Waals surface area contributed by atoms with Crippen molar-refractivity contribution in [1.29, 1.82) is 0 Å². The fourth-order valence-electron chi connectivity index (χ4n) is 3.45. The highest BCUT2D eigenvalue weighted by atomic mass is 16.6. The van der Waals surface area contributed by atoms with E-state index in [0.29, 0.717) is 50.4 Å². The lowest BCUT2D eigenvalue weighted by molar-refractivity contribution is -0.147. The monoisotopic (exact) mass is 684 g/mol. The van der Waals surface area contributed by atoms with Gasteiger partial charge in [0.1, 0.15) is 0 Å². The van der Waals surface area contributed by atoms with E-state index in [1.807, 2.05) is 55.4 Å². The quantitative estimate of drug-likeness (QED) is 0.0768. The zero-order valence-electron chi connectivity index (χ0n) is 31.6. The molecule has 11 nitrogen and oxygen atoms in total. The van der Waals surface area contributed by atoms with Crippen LogP contribution in [-0.2, 0) is 42.7 Å². The van der Waals surface area contributed by atoms with Crippen molar-refractivity contribution < 1.29 is 52.3 Å². The summed E-state index contributed by atoms with van der Waals surface area (Å²) in [4.78, 5) is 45.5. The van der Waals surface area contributed by atoms with Gasteiger partial charge in [-0.15, -0.1) is 0 Å². The van der Waals surface area contributed by atoms with Crippen LogP contribution in [0.15, 0.2) is 24.3 Å². The minimum absolute atomic E-state index is 0.0523. The Labute approximate surface area is 289 Å². The van der Waals surface area contributed by atoms with Crippen LogP contribution in [0.25, 0.3) is 0 Å². The number of carbonyl (C=O) groups is 4. The Balaban J connectivity index is 0. The van der Waals surface area contributed by atoms with Gasteiger partial charge in [0.05, 0.1) is 74.2 Å². The van der Waals surface area contributed by atoms with Crippen LogP contribution in [-0.4, -0.2) is 86.9 Å². The fraction of sp³-hybridized carbons (Fsp3) is 0.730. The number of hydrogen-bond donors (Lipinski definition) is 0. The van der Waals surface area contributed by atoms with E-state index in [0.717, 1.165) is 19.3 Å². The maximum Gasteiger partial charge on any atom is 0.338 e. The second-order valence-electron chi connectivity index (χ2n) is 12.6. The second kappa shape index (κ2) is 28.9. The maximum atomic E-state index is 11.6. The minimum Gasteiger partial charge on any atom is -0.463 e. The third kappa shape index (κ3) is 31.6. The molecule has 0 heterocycles. The van der Waals surface area contributed by atoms with E-state index in [2.05, 4.69) is 0 Å². The van der Waals surface area contributed by atoms with E-state index in [1.165, 1.54) is 0 Å². The first-order valence-electron chi connectivity index (χ1n) is 17.2. The van der Waals surface area contributed by atoms with Gasteiger partial charge in [0.15, 0.2) is 0 Å². The van der Waals surface area contributed by atoms with Crippen molar-refractivity contribution in [3.8, 4) is 0 Å². The van der Waals surface area contributed by atoms with Gasteiger partial charge in [-0.1, -0.05) is 6.42 Å². The number of benzene rings is 1. The van der Waals surface area contributed by atoms with Crippen LogP contribution >= 0.6 is 0 Å². The molecule has 0 saturated heterocycles. The van der Waals surface area contributed by atoms with Crippen LogP contribution in [0.3, 0.4) is 0 Å². The Morgan fingerprint density at radius 3 is 1.02 bits per heavy atom. The molecule has 0 spiro atoms. The molecule has 1 rings (SSSR count). The Morgan fingerprint density at radius 2 is 0.750 bits per heavy atom. The lowest BCUT2D eigenvalue weighted by Gasteiger charge is -2.09. The molecule has 1 aromatic rings. The molecule has 0 fully saturated rings. The number of carbonyl (C=O) groups excluding carboxylic acids is 4. The Kier molecular flexibility index (Phi) is 28.4. The molecule has 0 amide bonds. The molecule has 0 bridgehead atoms. The first-order valence-corrected chi connectivity index (χ1v) is 17.2. The number of rotatable bonds is 20. The summed E-state index contributed by atoms with van der Waals surface area (Å²) in [7, 11) is 0. The average molecular weight is 685 g/mol. The van der Waals surface area contributed by atoms with Crippen molar-refractivity contribution in [2.45, 2.75) is 152 Å². The van der Waals surface area contributed by atoms with Crippen LogP contribution < -0.4 is 0 Å². The fourth-order valence-corrected chi connectivity index (χ4v) is 3.45. The van der Waals surface area contributed by atoms with Gasteiger partial charge in [-0.05, 0) is 120 Å². The summed E-state index contributed by atoms with van der Waals surface area (Å²) in [5, 5.41) is 0. The van der Waals surface area contributed by atoms with Crippen molar-refractivity contribution in [1.82, 2.24) is 0 Å². The van der Waals surface area contributed by atoms with Gasteiger partial charge < -0.3 is 33.2 Å². The molecule has 0 aliphatic carbocycles. The van der Waals surface area contributed by atoms with Crippen LogP contribution in [0, 0.1) is 0 Å². The summed E-state index contributed by atoms with van der Waals surface area (Å²) in [6.07, 6.45) is 3.38. The number of ether oxygens (including phenoxy) is 7. The third-order valence-electron chi connectivity index (χ3n) is 5.40. The largest absolute Gasteiger partial charge is 0.463 e. The second-order valence-corrected chi connectivity index (χ2v) is 12.6. The predicted molar refractivity (Wildman–Crippen MR) is 186 cm³/mol. The van der Waals surface area contributed by atoms with Gasteiger partial charge in [0.2, 0.25) is 0 Å². The molecule has 0 aliphatic rings. The van der Waals surface area contributed by atoms with Crippen LogP contribution in [0.4, 0.5) is 0 Å². The smallest absolute Gasteiger partial charge is 0.338 e. The number of hydrogen-bond acceptors (Lipinski definition) is 11. The average Bonchev–Trinajstić information content (AvgIpc) is 2.95. The summed E-state index contributed by atoms with van der Waals surface area (Å²) >= 11 is 0. The molecule has 11 heteroatoms. The molecule has 0 saturated carbocycles. The lowest BCUT2D eigenvalue weighted by Crippen LogP contribution is -2.13. The molecule has 0 aliphatic heterocycles. The zero-order valence-corrected chi connectivity index (χ0v) is 31.6. The zero-order chi connectivity index (χ0) is 37.1. The third-order valence-corrected chi connectivity index (χ3v) is 5.40. The van der Waals surface area contributed by atoms with Gasteiger partial charge in [0.25, 0.3) is 0 Å². The van der Waals surface area contributed by atoms with Gasteiger partial charge in [0, 0.05) is 12.8 Å². The highest BCUT2D eigenvalue weighted by molar-refractivity contribution is 5.93. The Bertz CT molecular complexity index is 907. The van der Waals surface area contributed by atoms with E-state index in [9.17, 15) is 19.2 Å². The summed E-state index contributed by atoms with van der Waals surface area (Å²) in [5.41, 5.74) is 0.842. The van der Waals surface area contributed by atoms with E-state index in [1.54, 1.807) is 52.0 Å². The molecule has 0 atom stereocenters. The van der Waals surface area contributed by atoms with Crippen molar-refractivity contribution in [3.63, 3.8) is 0 Å². The van der Waals surface area contributed by atoms with Gasteiger partial charge >= 0.3 is 23.9 Å². The van der Waals surface area contributed by atoms with E-state index in [4.69, 9.17) is 33.2 Å². The summed E-state index contributed by atoms with van der Waals surface area (Å²) in [5.74, 6) is -1.11. The van der Waals surface area contributed by atoms with E-state index >= 15 is 0 Å². The van der Waals surface area contributed by atoms with E-state index < -0.39 is 11.9 Å². The molecule has 0 unspecified atom stereocenters. The molecule has 278 valence electrons. The molecular weight excluding hydrogens is 620 g/mol. The standard InChI is InChI=1S/C14H18O4.C13H24O4.C10H22O3/c1-9(2)17-13(15)11-5-7-12(8-6-11)14(16)18-10(3)4;1-10(2)16-12(14)8-6-5-7-9-13(15)17-11(3)4;1-9(2)12-7-5-11-6-8-13-10(3)4/h5-10H,1-4H3;10-11H,5-9H2,1-4H3;9-10H,5-8H2,1-4H3. The molecule has 0 N–H and O–H groups in total. The van der Waals surface area contributed by atoms with Crippen molar-refractivity contribution in [2.24, 2.45) is 0 Å². The number of unbranched alkanes of at least 4 members (excludes halogenated alkanes) is 2. The summed E-state index contributed by atoms with van der Waals surface area (Å²) in [6.45, 7) is 25.2. The summed E-state index contributed by atoms with van der Waals surface area (Å²) in [6, 6.07) is 6.23. The molecule has 48 heavy (non-hydrogen) atoms. The highest BCUT2D eigenvalue weighted by Gasteiger charge is 2.13. The first kappa shape index (κ1) is 47.1.